The molecule has 1 heterocycles. The highest BCUT2D eigenvalue weighted by Crippen LogP contribution is 2.15. The van der Waals surface area contributed by atoms with Crippen molar-refractivity contribution in [1.29, 1.82) is 0 Å². The number of para-hydroxylation sites is 1. The van der Waals surface area contributed by atoms with Gasteiger partial charge in [0.15, 0.2) is 5.82 Å². The maximum atomic E-state index is 5.56. The van der Waals surface area contributed by atoms with Crippen LogP contribution in [0.1, 0.15) is 5.69 Å². The Morgan fingerprint density at radius 2 is 1.81 bits per heavy atom. The van der Waals surface area contributed by atoms with E-state index in [1.165, 1.54) is 0 Å². The second-order valence-electron chi connectivity index (χ2n) is 3.11. The Morgan fingerprint density at radius 1 is 1.12 bits per heavy atom. The maximum Gasteiger partial charge on any atom is 0.159 e. The maximum absolute atomic E-state index is 5.56. The molecule has 0 saturated heterocycles. The summed E-state index contributed by atoms with van der Waals surface area (Å²) in [5.74, 6) is 0.571. The van der Waals surface area contributed by atoms with E-state index in [1.54, 1.807) is 12.4 Å². The Labute approximate surface area is 98.5 Å². The second-order valence-corrected chi connectivity index (χ2v) is 3.55. The molecular weight excluding hydrogens is 220 g/mol. The van der Waals surface area contributed by atoms with Crippen LogP contribution in [0.4, 0.5) is 11.5 Å². The summed E-state index contributed by atoms with van der Waals surface area (Å²) in [6.07, 6.45) is 3.15. The zero-order valence-electron chi connectivity index (χ0n) is 8.42. The normalized spacial score (nSPS) is 9.75. The van der Waals surface area contributed by atoms with Crippen LogP contribution in [0.2, 0.25) is 0 Å². The Bertz CT molecular complexity index is 498. The molecule has 1 aromatic carbocycles. The number of anilines is 2. The van der Waals surface area contributed by atoms with Gasteiger partial charge in [-0.2, -0.15) is 0 Å². The fourth-order valence-corrected chi connectivity index (χ4v) is 1.42. The Balaban J connectivity index is 2.31. The van der Waals surface area contributed by atoms with Crippen LogP contribution in [0, 0.1) is 0 Å². The molecule has 0 bridgehead atoms. The fourth-order valence-electron chi connectivity index (χ4n) is 1.27. The number of nitrogens with zero attached hydrogens (tertiary/aromatic N) is 2. The van der Waals surface area contributed by atoms with Crippen LogP contribution in [-0.2, 0) is 0 Å². The molecule has 1 aromatic heterocycles. The lowest BCUT2D eigenvalue weighted by Crippen LogP contribution is -2.14. The van der Waals surface area contributed by atoms with Gasteiger partial charge >= 0.3 is 0 Å². The van der Waals surface area contributed by atoms with Crippen molar-refractivity contribution in [2.24, 2.45) is 5.73 Å². The number of rotatable bonds is 3. The number of benzene rings is 1. The van der Waals surface area contributed by atoms with Gasteiger partial charge in [-0.3, -0.25) is 0 Å². The lowest BCUT2D eigenvalue weighted by Gasteiger charge is -2.08. The zero-order valence-corrected chi connectivity index (χ0v) is 9.24. The highest BCUT2D eigenvalue weighted by atomic mass is 32.1. The molecule has 2 aromatic rings. The average Bonchev–Trinajstić information content (AvgIpc) is 2.31. The van der Waals surface area contributed by atoms with E-state index in [9.17, 15) is 0 Å². The molecule has 2 rings (SSSR count). The van der Waals surface area contributed by atoms with Gasteiger partial charge in [0.05, 0.1) is 0 Å². The molecule has 0 amide bonds. The van der Waals surface area contributed by atoms with E-state index in [0.717, 1.165) is 5.69 Å². The third-order valence-electron chi connectivity index (χ3n) is 1.97. The quantitative estimate of drug-likeness (QED) is 0.788. The van der Waals surface area contributed by atoms with Gasteiger partial charge in [-0.05, 0) is 12.1 Å². The summed E-state index contributed by atoms with van der Waals surface area (Å²) in [6, 6.07) is 9.66. The van der Waals surface area contributed by atoms with Crippen molar-refractivity contribution in [3.8, 4) is 0 Å². The van der Waals surface area contributed by atoms with Gasteiger partial charge in [0.2, 0.25) is 0 Å². The number of thiocarbonyl (C=S) groups is 1. The summed E-state index contributed by atoms with van der Waals surface area (Å²) in [6.45, 7) is 0. The topological polar surface area (TPSA) is 63.8 Å². The van der Waals surface area contributed by atoms with Crippen molar-refractivity contribution in [2.75, 3.05) is 5.32 Å². The summed E-state index contributed by atoms with van der Waals surface area (Å²) < 4.78 is 0. The second kappa shape index (κ2) is 4.67. The smallest absolute Gasteiger partial charge is 0.159 e. The highest BCUT2D eigenvalue weighted by Gasteiger charge is 2.07. The molecule has 0 spiro atoms. The van der Waals surface area contributed by atoms with Gasteiger partial charge in [0.1, 0.15) is 10.7 Å². The summed E-state index contributed by atoms with van der Waals surface area (Å²) in [5, 5.41) is 3.11. The van der Waals surface area contributed by atoms with Gasteiger partial charge in [0, 0.05) is 18.1 Å². The molecule has 0 aliphatic heterocycles. The predicted molar refractivity (Wildman–Crippen MR) is 67.6 cm³/mol. The molecule has 0 atom stereocenters. The Kier molecular flexibility index (Phi) is 3.07. The first kappa shape index (κ1) is 10.5. The van der Waals surface area contributed by atoms with Crippen molar-refractivity contribution in [3.05, 3.63) is 48.4 Å². The van der Waals surface area contributed by atoms with Crippen molar-refractivity contribution >= 4 is 28.7 Å². The van der Waals surface area contributed by atoms with Crippen LogP contribution < -0.4 is 11.1 Å². The monoisotopic (exact) mass is 230 g/mol. The minimum absolute atomic E-state index is 0.228. The number of hydrogen-bond acceptors (Lipinski definition) is 4. The summed E-state index contributed by atoms with van der Waals surface area (Å²) >= 11 is 4.90. The number of hydrogen-bond donors (Lipinski definition) is 2. The lowest BCUT2D eigenvalue weighted by atomic mass is 10.3. The molecule has 80 valence electrons. The predicted octanol–water partition coefficient (Wildman–Crippen LogP) is 1.85. The average molecular weight is 230 g/mol. The van der Waals surface area contributed by atoms with E-state index in [2.05, 4.69) is 15.3 Å². The van der Waals surface area contributed by atoms with E-state index in [1.807, 2.05) is 30.3 Å². The van der Waals surface area contributed by atoms with Crippen molar-refractivity contribution in [2.45, 2.75) is 0 Å². The largest absolute Gasteiger partial charge is 0.388 e. The third kappa shape index (κ3) is 2.32. The Hall–Kier alpha value is -2.01. The molecule has 3 N–H and O–H groups in total. The van der Waals surface area contributed by atoms with E-state index in [-0.39, 0.29) is 4.99 Å². The molecule has 0 aliphatic rings. The van der Waals surface area contributed by atoms with Gasteiger partial charge in [0.25, 0.3) is 0 Å². The number of nitrogens with one attached hydrogen (secondary N) is 1. The van der Waals surface area contributed by atoms with Crippen molar-refractivity contribution in [1.82, 2.24) is 9.97 Å². The first-order valence-electron chi connectivity index (χ1n) is 4.70. The molecule has 0 saturated carbocycles. The fraction of sp³-hybridized carbons (Fsp3) is 0. The summed E-state index contributed by atoms with van der Waals surface area (Å²) in [5.41, 5.74) is 6.98. The molecule has 16 heavy (non-hydrogen) atoms. The van der Waals surface area contributed by atoms with Crippen molar-refractivity contribution in [3.63, 3.8) is 0 Å². The van der Waals surface area contributed by atoms with Crippen LogP contribution in [0.3, 0.4) is 0 Å². The van der Waals surface area contributed by atoms with Crippen LogP contribution in [0.15, 0.2) is 42.7 Å². The molecule has 5 heteroatoms. The van der Waals surface area contributed by atoms with Crippen molar-refractivity contribution < 1.29 is 0 Å². The minimum Gasteiger partial charge on any atom is -0.388 e. The first-order valence-corrected chi connectivity index (χ1v) is 5.11. The third-order valence-corrected chi connectivity index (χ3v) is 2.16. The number of nitrogens with two attached hydrogens (primary N) is 1. The summed E-state index contributed by atoms with van der Waals surface area (Å²) in [7, 11) is 0. The van der Waals surface area contributed by atoms with Crippen LogP contribution in [0.5, 0.6) is 0 Å². The molecule has 0 unspecified atom stereocenters. The molecule has 4 nitrogen and oxygen atoms in total. The minimum atomic E-state index is 0.228. The first-order chi connectivity index (χ1) is 7.77. The Morgan fingerprint density at radius 3 is 2.50 bits per heavy atom. The standard InChI is InChI=1S/C11H10N4S/c12-10(16)9-11(14-7-6-13-9)15-8-4-2-1-3-5-8/h1-7H,(H2,12,16)(H,14,15). The van der Waals surface area contributed by atoms with E-state index in [0.29, 0.717) is 11.5 Å². The molecule has 0 radical (unpaired) electrons. The van der Waals surface area contributed by atoms with E-state index < -0.39 is 0 Å². The lowest BCUT2D eigenvalue weighted by molar-refractivity contribution is 1.18. The highest BCUT2D eigenvalue weighted by molar-refractivity contribution is 7.80. The van der Waals surface area contributed by atoms with Crippen LogP contribution >= 0.6 is 12.2 Å². The SMILES string of the molecule is NC(=S)c1nccnc1Nc1ccccc1. The van der Waals surface area contributed by atoms with E-state index >= 15 is 0 Å². The summed E-state index contributed by atoms with van der Waals surface area (Å²) in [4.78, 5) is 8.47. The molecular formula is C11H10N4S. The zero-order chi connectivity index (χ0) is 11.4. The molecule has 0 fully saturated rings. The number of aromatic nitrogens is 2. The van der Waals surface area contributed by atoms with Crippen LogP contribution in [-0.4, -0.2) is 15.0 Å². The van der Waals surface area contributed by atoms with E-state index in [4.69, 9.17) is 18.0 Å². The van der Waals surface area contributed by atoms with Gasteiger partial charge < -0.3 is 11.1 Å². The van der Waals surface area contributed by atoms with Gasteiger partial charge in [-0.1, -0.05) is 30.4 Å². The van der Waals surface area contributed by atoms with Crippen LogP contribution in [0.25, 0.3) is 0 Å². The molecule has 0 aliphatic carbocycles. The van der Waals surface area contributed by atoms with Gasteiger partial charge in [-0.25, -0.2) is 9.97 Å². The van der Waals surface area contributed by atoms with Gasteiger partial charge in [-0.15, -0.1) is 0 Å².